The van der Waals surface area contributed by atoms with Crippen molar-refractivity contribution in [3.05, 3.63) is 0 Å². The van der Waals surface area contributed by atoms with Gasteiger partial charge >= 0.3 is 6.03 Å². The molecule has 0 aromatic carbocycles. The summed E-state index contributed by atoms with van der Waals surface area (Å²) in [5.74, 6) is 0. The van der Waals surface area contributed by atoms with Crippen LogP contribution in [-0.2, 0) is 0 Å². The van der Waals surface area contributed by atoms with Gasteiger partial charge in [-0.1, -0.05) is 13.3 Å². The molecule has 4 heteroatoms. The molecule has 2 amide bonds. The number of urea groups is 1. The topological polar surface area (TPSA) is 35.6 Å². The number of carbonyl (C=O) groups is 1. The van der Waals surface area contributed by atoms with Crippen molar-refractivity contribution in [2.75, 3.05) is 32.7 Å². The predicted octanol–water partition coefficient (Wildman–Crippen LogP) is 1.67. The van der Waals surface area contributed by atoms with Crippen LogP contribution >= 0.6 is 0 Å². The van der Waals surface area contributed by atoms with Gasteiger partial charge in [-0.3, -0.25) is 0 Å². The first-order valence-corrected chi connectivity index (χ1v) is 7.09. The van der Waals surface area contributed by atoms with E-state index in [-0.39, 0.29) is 6.03 Å². The summed E-state index contributed by atoms with van der Waals surface area (Å²) in [5.41, 5.74) is 0. The van der Waals surface area contributed by atoms with Crippen LogP contribution in [-0.4, -0.2) is 54.6 Å². The van der Waals surface area contributed by atoms with Crippen molar-refractivity contribution in [1.82, 2.24) is 15.1 Å². The lowest BCUT2D eigenvalue weighted by Gasteiger charge is -2.40. The highest BCUT2D eigenvalue weighted by molar-refractivity contribution is 5.75. The minimum atomic E-state index is 0.282. The van der Waals surface area contributed by atoms with Crippen molar-refractivity contribution in [2.45, 2.75) is 45.1 Å². The van der Waals surface area contributed by atoms with E-state index in [1.54, 1.807) is 0 Å². The summed E-state index contributed by atoms with van der Waals surface area (Å²) in [6.07, 6.45) is 6.01. The molecule has 1 N–H and O–H groups in total. The number of hydrogen-bond acceptors (Lipinski definition) is 2. The average molecular weight is 239 g/mol. The standard InChI is InChI=1S/C13H25N3O/c1-2-5-12-6-3-4-9-16(12)13(17)15-10-7-14-8-11-15/h12,14H,2-11H2,1H3. The summed E-state index contributed by atoms with van der Waals surface area (Å²) in [5, 5.41) is 3.30. The van der Waals surface area contributed by atoms with E-state index in [2.05, 4.69) is 17.1 Å². The Morgan fingerprint density at radius 1 is 1.24 bits per heavy atom. The summed E-state index contributed by atoms with van der Waals surface area (Å²) in [6.45, 7) is 6.80. The summed E-state index contributed by atoms with van der Waals surface area (Å²) in [4.78, 5) is 16.6. The molecular formula is C13H25N3O. The zero-order valence-electron chi connectivity index (χ0n) is 11.0. The lowest BCUT2D eigenvalue weighted by Crippen LogP contribution is -2.55. The fourth-order valence-electron chi connectivity index (χ4n) is 2.92. The fourth-order valence-corrected chi connectivity index (χ4v) is 2.92. The third-order valence-corrected chi connectivity index (χ3v) is 3.88. The molecule has 0 aromatic heterocycles. The van der Waals surface area contributed by atoms with Crippen LogP contribution in [0.4, 0.5) is 4.79 Å². The Balaban J connectivity index is 1.94. The van der Waals surface area contributed by atoms with E-state index >= 15 is 0 Å². The van der Waals surface area contributed by atoms with E-state index in [0.29, 0.717) is 6.04 Å². The molecule has 0 aliphatic carbocycles. The van der Waals surface area contributed by atoms with Crippen LogP contribution < -0.4 is 5.32 Å². The molecule has 1 unspecified atom stereocenters. The quantitative estimate of drug-likeness (QED) is 0.795. The largest absolute Gasteiger partial charge is 0.322 e. The normalized spacial score (nSPS) is 26.1. The maximum absolute atomic E-state index is 12.5. The summed E-state index contributed by atoms with van der Waals surface area (Å²) in [7, 11) is 0. The molecule has 0 spiro atoms. The van der Waals surface area contributed by atoms with E-state index < -0.39 is 0 Å². The van der Waals surface area contributed by atoms with E-state index in [1.807, 2.05) is 4.90 Å². The van der Waals surface area contributed by atoms with Gasteiger partial charge in [-0.15, -0.1) is 0 Å². The van der Waals surface area contributed by atoms with Gasteiger partial charge in [0.1, 0.15) is 0 Å². The zero-order valence-corrected chi connectivity index (χ0v) is 11.0. The van der Waals surface area contributed by atoms with Gasteiger partial charge < -0.3 is 15.1 Å². The monoisotopic (exact) mass is 239 g/mol. The summed E-state index contributed by atoms with van der Waals surface area (Å²) < 4.78 is 0. The highest BCUT2D eigenvalue weighted by atomic mass is 16.2. The molecule has 2 aliphatic heterocycles. The Hall–Kier alpha value is -0.770. The number of amides is 2. The molecule has 0 radical (unpaired) electrons. The lowest BCUT2D eigenvalue weighted by atomic mass is 9.98. The molecule has 17 heavy (non-hydrogen) atoms. The van der Waals surface area contributed by atoms with Crippen molar-refractivity contribution in [2.24, 2.45) is 0 Å². The molecule has 2 heterocycles. The Bertz CT molecular complexity index is 249. The Labute approximate surface area is 104 Å². The van der Waals surface area contributed by atoms with E-state index in [1.165, 1.54) is 25.7 Å². The number of nitrogens with one attached hydrogen (secondary N) is 1. The van der Waals surface area contributed by atoms with Crippen molar-refractivity contribution in [1.29, 1.82) is 0 Å². The molecule has 4 nitrogen and oxygen atoms in total. The first-order valence-electron chi connectivity index (χ1n) is 7.09. The summed E-state index contributed by atoms with van der Waals surface area (Å²) in [6, 6.07) is 0.779. The van der Waals surface area contributed by atoms with Crippen molar-refractivity contribution in [3.8, 4) is 0 Å². The van der Waals surface area contributed by atoms with Crippen LogP contribution in [0.1, 0.15) is 39.0 Å². The third kappa shape index (κ3) is 3.12. The lowest BCUT2D eigenvalue weighted by molar-refractivity contribution is 0.107. The maximum Gasteiger partial charge on any atom is 0.320 e. The van der Waals surface area contributed by atoms with Gasteiger partial charge in [0.05, 0.1) is 0 Å². The molecule has 2 aliphatic rings. The number of rotatable bonds is 2. The molecule has 2 saturated heterocycles. The van der Waals surface area contributed by atoms with Gasteiger partial charge in [-0.2, -0.15) is 0 Å². The van der Waals surface area contributed by atoms with Crippen LogP contribution in [0.15, 0.2) is 0 Å². The Morgan fingerprint density at radius 3 is 2.71 bits per heavy atom. The molecule has 0 aromatic rings. The van der Waals surface area contributed by atoms with E-state index in [9.17, 15) is 4.79 Å². The van der Waals surface area contributed by atoms with Crippen LogP contribution in [0.5, 0.6) is 0 Å². The van der Waals surface area contributed by atoms with Gasteiger partial charge in [-0.25, -0.2) is 4.79 Å². The minimum absolute atomic E-state index is 0.282. The van der Waals surface area contributed by atoms with E-state index in [0.717, 1.165) is 39.1 Å². The van der Waals surface area contributed by atoms with Crippen LogP contribution in [0, 0.1) is 0 Å². The number of carbonyl (C=O) groups excluding carboxylic acids is 1. The third-order valence-electron chi connectivity index (χ3n) is 3.88. The molecule has 1 atom stereocenters. The second-order valence-corrected chi connectivity index (χ2v) is 5.15. The number of hydrogen-bond donors (Lipinski definition) is 1. The second-order valence-electron chi connectivity index (χ2n) is 5.15. The zero-order chi connectivity index (χ0) is 12.1. The Morgan fingerprint density at radius 2 is 2.00 bits per heavy atom. The van der Waals surface area contributed by atoms with Gasteiger partial charge in [0.2, 0.25) is 0 Å². The van der Waals surface area contributed by atoms with Gasteiger partial charge in [-0.05, 0) is 25.7 Å². The van der Waals surface area contributed by atoms with Crippen molar-refractivity contribution >= 4 is 6.03 Å². The molecule has 2 rings (SSSR count). The first kappa shape index (κ1) is 12.7. The SMILES string of the molecule is CCCC1CCCCN1C(=O)N1CCNCC1. The van der Waals surface area contributed by atoms with Crippen LogP contribution in [0.2, 0.25) is 0 Å². The Kier molecular flexibility index (Phi) is 4.66. The average Bonchev–Trinajstić information content (AvgIpc) is 2.40. The van der Waals surface area contributed by atoms with E-state index in [4.69, 9.17) is 0 Å². The smallest absolute Gasteiger partial charge is 0.320 e. The molecular weight excluding hydrogens is 214 g/mol. The number of nitrogens with zero attached hydrogens (tertiary/aromatic N) is 2. The van der Waals surface area contributed by atoms with Crippen molar-refractivity contribution in [3.63, 3.8) is 0 Å². The maximum atomic E-state index is 12.5. The molecule has 0 bridgehead atoms. The van der Waals surface area contributed by atoms with Gasteiger partial charge in [0.15, 0.2) is 0 Å². The first-order chi connectivity index (χ1) is 8.33. The summed E-state index contributed by atoms with van der Waals surface area (Å²) >= 11 is 0. The minimum Gasteiger partial charge on any atom is -0.322 e. The number of piperazine rings is 1. The van der Waals surface area contributed by atoms with Crippen LogP contribution in [0.25, 0.3) is 0 Å². The highest BCUT2D eigenvalue weighted by Crippen LogP contribution is 2.22. The molecule has 98 valence electrons. The fraction of sp³-hybridized carbons (Fsp3) is 0.923. The second kappa shape index (κ2) is 6.24. The number of likely N-dealkylation sites (tertiary alicyclic amines) is 1. The number of piperidine rings is 1. The molecule has 0 saturated carbocycles. The predicted molar refractivity (Wildman–Crippen MR) is 69.1 cm³/mol. The highest BCUT2D eigenvalue weighted by Gasteiger charge is 2.29. The van der Waals surface area contributed by atoms with Crippen molar-refractivity contribution < 1.29 is 4.79 Å². The van der Waals surface area contributed by atoms with Gasteiger partial charge in [0.25, 0.3) is 0 Å². The molecule has 2 fully saturated rings. The van der Waals surface area contributed by atoms with Gasteiger partial charge in [0, 0.05) is 38.8 Å². The van der Waals surface area contributed by atoms with Crippen LogP contribution in [0.3, 0.4) is 0 Å².